The normalized spacial score (nSPS) is 20.6. The molecule has 0 radical (unpaired) electrons. The predicted molar refractivity (Wildman–Crippen MR) is 158 cm³/mol. The van der Waals surface area contributed by atoms with E-state index in [1.54, 1.807) is 12.1 Å². The third-order valence-electron chi connectivity index (χ3n) is 8.98. The number of hydrogen-bond acceptors (Lipinski definition) is 4. The third kappa shape index (κ3) is 7.49. The fourth-order valence-corrected chi connectivity index (χ4v) is 7.69. The Morgan fingerprint density at radius 2 is 1.50 bits per heavy atom. The summed E-state index contributed by atoms with van der Waals surface area (Å²) >= 11 is 1.81. The number of carboxylic acids is 1. The number of benzene rings is 2. The van der Waals surface area contributed by atoms with Gasteiger partial charge in [0.05, 0.1) is 5.41 Å². The van der Waals surface area contributed by atoms with E-state index in [1.807, 2.05) is 30.8 Å². The summed E-state index contributed by atoms with van der Waals surface area (Å²) in [6.07, 6.45) is 13.5. The minimum Gasteiger partial charge on any atom is -0.508 e. The van der Waals surface area contributed by atoms with E-state index >= 15 is 0 Å². The summed E-state index contributed by atoms with van der Waals surface area (Å²) in [4.78, 5) is 13.2. The van der Waals surface area contributed by atoms with Crippen LogP contribution in [0.15, 0.2) is 47.4 Å². The zero-order valence-corrected chi connectivity index (χ0v) is 24.5. The lowest BCUT2D eigenvalue weighted by Crippen LogP contribution is -2.36. The van der Waals surface area contributed by atoms with Crippen molar-refractivity contribution in [3.05, 3.63) is 53.6 Å². The summed E-state index contributed by atoms with van der Waals surface area (Å²) in [5.74, 6) is 1.31. The van der Waals surface area contributed by atoms with Crippen LogP contribution < -0.4 is 0 Å². The number of carboxylic acid groups (broad SMARTS) is 1. The Labute approximate surface area is 234 Å². The largest absolute Gasteiger partial charge is 0.508 e. The number of fused-ring (bicyclic) bond motifs is 1. The fraction of sp³-hybridized carbons (Fsp3) is 0.606. The molecule has 1 aliphatic rings. The molecule has 3 N–H and O–H groups in total. The van der Waals surface area contributed by atoms with Crippen LogP contribution in [0.1, 0.15) is 121 Å². The summed E-state index contributed by atoms with van der Waals surface area (Å²) in [5, 5.41) is 29.8. The number of rotatable bonds is 16. The molecule has 0 aromatic heterocycles. The van der Waals surface area contributed by atoms with Crippen molar-refractivity contribution in [2.45, 2.75) is 120 Å². The van der Waals surface area contributed by atoms with Gasteiger partial charge in [0.25, 0.3) is 0 Å². The molecule has 2 aromatic carbocycles. The van der Waals surface area contributed by atoms with Gasteiger partial charge in [0.2, 0.25) is 0 Å². The smallest absolute Gasteiger partial charge is 0.309 e. The summed E-state index contributed by atoms with van der Waals surface area (Å²) < 4.78 is 0. The maximum atomic E-state index is 12.1. The van der Waals surface area contributed by atoms with Gasteiger partial charge in [0.1, 0.15) is 11.5 Å². The van der Waals surface area contributed by atoms with Gasteiger partial charge in [-0.05, 0) is 67.0 Å². The molecule has 3 atom stereocenters. The van der Waals surface area contributed by atoms with E-state index in [0.29, 0.717) is 17.4 Å². The zero-order chi connectivity index (χ0) is 27.6. The molecule has 0 saturated heterocycles. The van der Waals surface area contributed by atoms with Crippen LogP contribution >= 0.6 is 11.8 Å². The van der Waals surface area contributed by atoms with E-state index in [0.717, 1.165) is 76.4 Å². The Hall–Kier alpha value is -2.14. The first-order valence-corrected chi connectivity index (χ1v) is 15.7. The molecule has 0 amide bonds. The lowest BCUT2D eigenvalue weighted by molar-refractivity contribution is -0.150. The van der Waals surface area contributed by atoms with E-state index in [9.17, 15) is 20.1 Å². The minimum absolute atomic E-state index is 0.0412. The predicted octanol–water partition coefficient (Wildman–Crippen LogP) is 9.43. The van der Waals surface area contributed by atoms with Crippen LogP contribution in [0.25, 0.3) is 0 Å². The first kappa shape index (κ1) is 30.4. The van der Waals surface area contributed by atoms with Gasteiger partial charge < -0.3 is 15.3 Å². The molecule has 3 rings (SSSR count). The molecule has 3 unspecified atom stereocenters. The lowest BCUT2D eigenvalue weighted by atomic mass is 9.68. The van der Waals surface area contributed by atoms with Crippen LogP contribution in [0.2, 0.25) is 0 Å². The van der Waals surface area contributed by atoms with E-state index in [1.165, 1.54) is 28.9 Å². The molecule has 210 valence electrons. The second-order valence-electron chi connectivity index (χ2n) is 11.6. The van der Waals surface area contributed by atoms with Crippen LogP contribution in [0.4, 0.5) is 0 Å². The summed E-state index contributed by atoms with van der Waals surface area (Å²) in [6, 6.07) is 13.5. The number of aliphatic carboxylic acids is 1. The molecule has 1 heterocycles. The Bertz CT molecular complexity index is 1020. The van der Waals surface area contributed by atoms with Crippen molar-refractivity contribution in [3.63, 3.8) is 0 Å². The van der Waals surface area contributed by atoms with E-state index in [-0.39, 0.29) is 5.41 Å². The van der Waals surface area contributed by atoms with Crippen LogP contribution in [-0.2, 0) is 10.2 Å². The van der Waals surface area contributed by atoms with Crippen molar-refractivity contribution >= 4 is 17.7 Å². The van der Waals surface area contributed by atoms with Crippen molar-refractivity contribution < 1.29 is 20.1 Å². The van der Waals surface area contributed by atoms with Gasteiger partial charge in [0, 0.05) is 16.1 Å². The van der Waals surface area contributed by atoms with E-state index < -0.39 is 11.4 Å². The second-order valence-corrected chi connectivity index (χ2v) is 12.6. The topological polar surface area (TPSA) is 77.8 Å². The van der Waals surface area contributed by atoms with Crippen molar-refractivity contribution in [2.24, 2.45) is 5.41 Å². The van der Waals surface area contributed by atoms with Crippen LogP contribution in [-0.4, -0.2) is 27.0 Å². The minimum atomic E-state index is -0.605. The van der Waals surface area contributed by atoms with Crippen molar-refractivity contribution in [1.82, 2.24) is 0 Å². The van der Waals surface area contributed by atoms with Gasteiger partial charge in [-0.2, -0.15) is 0 Å². The fourth-order valence-electron chi connectivity index (χ4n) is 6.28. The highest BCUT2D eigenvalue weighted by Crippen LogP contribution is 2.52. The second kappa shape index (κ2) is 14.3. The standard InChI is InChI=1S/C33H48O4S/c1-4-6-12-21-33(5-2,31(36)37)22-13-10-8-7-9-11-14-29-28-20-19-27(35)23-30(28)38-24-32(29,3)25-15-17-26(34)18-16-25/h15-20,23,29,34-35H,4-14,21-22,24H2,1-3H3,(H,36,37). The average Bonchev–Trinajstić information content (AvgIpc) is 2.90. The molecule has 0 saturated carbocycles. The van der Waals surface area contributed by atoms with Crippen LogP contribution in [0.3, 0.4) is 0 Å². The molecule has 2 aromatic rings. The summed E-state index contributed by atoms with van der Waals surface area (Å²) in [6.45, 7) is 6.55. The first-order valence-electron chi connectivity index (χ1n) is 14.7. The maximum absolute atomic E-state index is 12.1. The number of phenolic OH excluding ortho intramolecular Hbond substituents is 2. The quantitative estimate of drug-likeness (QED) is 0.185. The van der Waals surface area contributed by atoms with Crippen molar-refractivity contribution in [2.75, 3.05) is 5.75 Å². The van der Waals surface area contributed by atoms with Crippen molar-refractivity contribution in [1.29, 1.82) is 0 Å². The highest BCUT2D eigenvalue weighted by molar-refractivity contribution is 7.99. The zero-order valence-electron chi connectivity index (χ0n) is 23.7. The highest BCUT2D eigenvalue weighted by atomic mass is 32.2. The summed E-state index contributed by atoms with van der Waals surface area (Å²) in [7, 11) is 0. The Balaban J connectivity index is 1.53. The molecule has 5 heteroatoms. The molecular weight excluding hydrogens is 492 g/mol. The van der Waals surface area contributed by atoms with Gasteiger partial charge in [-0.3, -0.25) is 4.79 Å². The lowest BCUT2D eigenvalue weighted by Gasteiger charge is -2.43. The van der Waals surface area contributed by atoms with E-state index in [4.69, 9.17) is 0 Å². The van der Waals surface area contributed by atoms with Gasteiger partial charge in [-0.1, -0.05) is 96.8 Å². The van der Waals surface area contributed by atoms with Gasteiger partial charge in [-0.25, -0.2) is 0 Å². The molecule has 0 aliphatic carbocycles. The molecule has 0 bridgehead atoms. The average molecular weight is 541 g/mol. The number of hydrogen-bond donors (Lipinski definition) is 3. The summed E-state index contributed by atoms with van der Waals surface area (Å²) in [5.41, 5.74) is 2.00. The number of aromatic hydroxyl groups is 2. The van der Waals surface area contributed by atoms with Crippen LogP contribution in [0.5, 0.6) is 11.5 Å². The number of phenols is 2. The Kier molecular flexibility index (Phi) is 11.4. The van der Waals surface area contributed by atoms with E-state index in [2.05, 4.69) is 32.0 Å². The molecule has 0 spiro atoms. The third-order valence-corrected chi connectivity index (χ3v) is 10.4. The number of unbranched alkanes of at least 4 members (excludes halogenated alkanes) is 7. The monoisotopic (exact) mass is 540 g/mol. The SMILES string of the molecule is CCCCCC(CC)(CCCCCCCCC1c2ccc(O)cc2SCC1(C)c1ccc(O)cc1)C(=O)O. The molecular formula is C33H48O4S. The molecule has 0 fully saturated rings. The highest BCUT2D eigenvalue weighted by Gasteiger charge is 2.41. The number of carbonyl (C=O) groups is 1. The Morgan fingerprint density at radius 1 is 0.895 bits per heavy atom. The van der Waals surface area contributed by atoms with Gasteiger partial charge in [0.15, 0.2) is 0 Å². The first-order chi connectivity index (χ1) is 18.3. The van der Waals surface area contributed by atoms with Crippen LogP contribution in [0, 0.1) is 5.41 Å². The molecule has 38 heavy (non-hydrogen) atoms. The Morgan fingerprint density at radius 3 is 2.13 bits per heavy atom. The van der Waals surface area contributed by atoms with Gasteiger partial charge in [-0.15, -0.1) is 11.8 Å². The molecule has 4 nitrogen and oxygen atoms in total. The number of thioether (sulfide) groups is 1. The maximum Gasteiger partial charge on any atom is 0.309 e. The van der Waals surface area contributed by atoms with Crippen molar-refractivity contribution in [3.8, 4) is 11.5 Å². The van der Waals surface area contributed by atoms with Gasteiger partial charge >= 0.3 is 5.97 Å². The molecule has 1 aliphatic heterocycles.